The SMILES string of the molecule is COC(=O)C1=CC(CCl)(C(=O)OC)C=CC1O. The number of aliphatic hydroxyl groups excluding tert-OH is 1. The summed E-state index contributed by atoms with van der Waals surface area (Å²) in [5.74, 6) is -1.40. The topological polar surface area (TPSA) is 72.8 Å². The summed E-state index contributed by atoms with van der Waals surface area (Å²) in [5, 5.41) is 9.60. The minimum Gasteiger partial charge on any atom is -0.468 e. The molecular formula is C11H13ClO5. The first-order valence-electron chi connectivity index (χ1n) is 4.83. The molecule has 0 aromatic rings. The molecule has 2 atom stereocenters. The average Bonchev–Trinajstić information content (AvgIpc) is 2.37. The van der Waals surface area contributed by atoms with Crippen molar-refractivity contribution < 1.29 is 24.2 Å². The van der Waals surface area contributed by atoms with E-state index >= 15 is 0 Å². The maximum atomic E-state index is 11.6. The van der Waals surface area contributed by atoms with Crippen molar-refractivity contribution >= 4 is 23.5 Å². The minimum atomic E-state index is -1.24. The van der Waals surface area contributed by atoms with Crippen LogP contribution in [0.1, 0.15) is 0 Å². The Morgan fingerprint density at radius 1 is 1.47 bits per heavy atom. The predicted molar refractivity (Wildman–Crippen MR) is 60.4 cm³/mol. The molecule has 0 aromatic carbocycles. The molecule has 0 saturated carbocycles. The van der Waals surface area contributed by atoms with Gasteiger partial charge in [0.1, 0.15) is 11.5 Å². The van der Waals surface area contributed by atoms with Crippen molar-refractivity contribution in [3.8, 4) is 0 Å². The van der Waals surface area contributed by atoms with Crippen LogP contribution in [0.15, 0.2) is 23.8 Å². The van der Waals surface area contributed by atoms with Gasteiger partial charge in [-0.1, -0.05) is 12.2 Å². The number of esters is 2. The lowest BCUT2D eigenvalue weighted by atomic mass is 9.82. The number of hydrogen-bond donors (Lipinski definition) is 1. The number of aliphatic hydroxyl groups is 1. The molecule has 1 rings (SSSR count). The van der Waals surface area contributed by atoms with Crippen LogP contribution in [0, 0.1) is 5.41 Å². The van der Waals surface area contributed by atoms with E-state index in [0.717, 1.165) is 0 Å². The van der Waals surface area contributed by atoms with E-state index in [9.17, 15) is 14.7 Å². The molecule has 0 radical (unpaired) electrons. The number of rotatable bonds is 3. The van der Waals surface area contributed by atoms with Crippen molar-refractivity contribution in [2.45, 2.75) is 6.10 Å². The van der Waals surface area contributed by atoms with Crippen molar-refractivity contribution in [2.75, 3.05) is 20.1 Å². The molecule has 0 aliphatic heterocycles. The van der Waals surface area contributed by atoms with Crippen molar-refractivity contribution in [2.24, 2.45) is 5.41 Å². The van der Waals surface area contributed by atoms with Gasteiger partial charge in [0.15, 0.2) is 0 Å². The quantitative estimate of drug-likeness (QED) is 0.452. The lowest BCUT2D eigenvalue weighted by Gasteiger charge is -2.27. The van der Waals surface area contributed by atoms with Crippen LogP contribution >= 0.6 is 11.6 Å². The Morgan fingerprint density at radius 3 is 2.59 bits per heavy atom. The Balaban J connectivity index is 3.18. The number of halogens is 1. The second-order valence-corrected chi connectivity index (χ2v) is 3.83. The molecule has 0 spiro atoms. The van der Waals surface area contributed by atoms with Gasteiger partial charge in [-0.15, -0.1) is 11.6 Å². The lowest BCUT2D eigenvalue weighted by Crippen LogP contribution is -2.35. The van der Waals surface area contributed by atoms with E-state index in [0.29, 0.717) is 0 Å². The third kappa shape index (κ3) is 2.50. The van der Waals surface area contributed by atoms with Gasteiger partial charge >= 0.3 is 11.9 Å². The number of carbonyl (C=O) groups is 2. The summed E-state index contributed by atoms with van der Waals surface area (Å²) in [6.45, 7) is 0. The van der Waals surface area contributed by atoms with Gasteiger partial charge in [0, 0.05) is 5.88 Å². The molecule has 1 aliphatic rings. The van der Waals surface area contributed by atoms with E-state index in [2.05, 4.69) is 9.47 Å². The van der Waals surface area contributed by atoms with E-state index in [1.807, 2.05) is 0 Å². The first-order valence-corrected chi connectivity index (χ1v) is 5.37. The van der Waals surface area contributed by atoms with Crippen LogP contribution in [0.25, 0.3) is 0 Å². The molecule has 0 aromatic heterocycles. The maximum Gasteiger partial charge on any atom is 0.336 e. The van der Waals surface area contributed by atoms with Gasteiger partial charge in [-0.3, -0.25) is 4.79 Å². The molecule has 6 heteroatoms. The lowest BCUT2D eigenvalue weighted by molar-refractivity contribution is -0.146. The molecule has 2 unspecified atom stereocenters. The summed E-state index contributed by atoms with van der Waals surface area (Å²) in [5.41, 5.74) is -1.26. The molecule has 1 N–H and O–H groups in total. The van der Waals surface area contributed by atoms with Gasteiger partial charge < -0.3 is 14.6 Å². The van der Waals surface area contributed by atoms with Gasteiger partial charge in [-0.2, -0.15) is 0 Å². The fourth-order valence-electron chi connectivity index (χ4n) is 1.53. The summed E-state index contributed by atoms with van der Waals surface area (Å²) in [4.78, 5) is 23.1. The normalized spacial score (nSPS) is 27.3. The Labute approximate surface area is 104 Å². The number of carbonyl (C=O) groups excluding carboxylic acids is 2. The fourth-order valence-corrected chi connectivity index (χ4v) is 1.81. The van der Waals surface area contributed by atoms with E-state index in [-0.39, 0.29) is 11.5 Å². The fraction of sp³-hybridized carbons (Fsp3) is 0.455. The number of methoxy groups -OCH3 is 2. The third-order valence-electron chi connectivity index (χ3n) is 2.52. The van der Waals surface area contributed by atoms with Gasteiger partial charge in [-0.05, 0) is 6.08 Å². The molecule has 1 aliphatic carbocycles. The van der Waals surface area contributed by atoms with E-state index in [4.69, 9.17) is 11.6 Å². The minimum absolute atomic E-state index is 0.0268. The Hall–Kier alpha value is -1.33. The van der Waals surface area contributed by atoms with Crippen molar-refractivity contribution in [1.82, 2.24) is 0 Å². The van der Waals surface area contributed by atoms with Crippen LogP contribution in [-0.4, -0.2) is 43.2 Å². The summed E-state index contributed by atoms with van der Waals surface area (Å²) < 4.78 is 9.14. The van der Waals surface area contributed by atoms with Crippen LogP contribution in [0.3, 0.4) is 0 Å². The zero-order valence-corrected chi connectivity index (χ0v) is 10.2. The van der Waals surface area contributed by atoms with Crippen molar-refractivity contribution in [3.05, 3.63) is 23.8 Å². The van der Waals surface area contributed by atoms with Crippen molar-refractivity contribution in [1.29, 1.82) is 0 Å². The zero-order chi connectivity index (χ0) is 13.1. The van der Waals surface area contributed by atoms with Crippen molar-refractivity contribution in [3.63, 3.8) is 0 Å². The summed E-state index contributed by atoms with van der Waals surface area (Å²) >= 11 is 5.74. The zero-order valence-electron chi connectivity index (χ0n) is 9.47. The predicted octanol–water partition coefficient (Wildman–Crippen LogP) is 0.415. The molecule has 0 fully saturated rings. The number of hydrogen-bond acceptors (Lipinski definition) is 5. The van der Waals surface area contributed by atoms with Gasteiger partial charge in [0.05, 0.1) is 19.8 Å². The standard InChI is InChI=1S/C11H13ClO5/c1-16-9(14)7-5-11(6-12,10(15)17-2)4-3-8(7)13/h3-5,8,13H,6H2,1-2H3. The average molecular weight is 261 g/mol. The van der Waals surface area contributed by atoms with Crippen LogP contribution in [0.5, 0.6) is 0 Å². The molecule has 17 heavy (non-hydrogen) atoms. The van der Waals surface area contributed by atoms with Gasteiger partial charge in [-0.25, -0.2) is 4.79 Å². The highest BCUT2D eigenvalue weighted by atomic mass is 35.5. The first kappa shape index (κ1) is 13.7. The van der Waals surface area contributed by atoms with Crippen LogP contribution in [0.2, 0.25) is 0 Å². The molecule has 0 amide bonds. The molecule has 0 saturated heterocycles. The number of alkyl halides is 1. The second-order valence-electron chi connectivity index (χ2n) is 3.56. The summed E-state index contributed by atoms with van der Waals surface area (Å²) in [6.07, 6.45) is 2.90. The highest BCUT2D eigenvalue weighted by molar-refractivity contribution is 6.20. The third-order valence-corrected chi connectivity index (χ3v) is 2.96. The molecule has 94 valence electrons. The molecule has 5 nitrogen and oxygen atoms in total. The Morgan fingerprint density at radius 2 is 2.12 bits per heavy atom. The second kappa shape index (κ2) is 5.33. The van der Waals surface area contributed by atoms with Crippen LogP contribution < -0.4 is 0 Å². The highest BCUT2D eigenvalue weighted by Gasteiger charge is 2.39. The summed E-state index contributed by atoms with van der Waals surface area (Å²) in [6, 6.07) is 0. The van der Waals surface area contributed by atoms with E-state index in [1.165, 1.54) is 32.4 Å². The largest absolute Gasteiger partial charge is 0.468 e. The summed E-state index contributed by atoms with van der Waals surface area (Å²) in [7, 11) is 2.41. The number of ether oxygens (including phenoxy) is 2. The van der Waals surface area contributed by atoms with Gasteiger partial charge in [0.25, 0.3) is 0 Å². The van der Waals surface area contributed by atoms with Crippen LogP contribution in [-0.2, 0) is 19.1 Å². The van der Waals surface area contributed by atoms with E-state index in [1.54, 1.807) is 0 Å². The van der Waals surface area contributed by atoms with E-state index < -0.39 is 23.5 Å². The highest BCUT2D eigenvalue weighted by Crippen LogP contribution is 2.32. The maximum absolute atomic E-state index is 11.6. The van der Waals surface area contributed by atoms with Gasteiger partial charge in [0.2, 0.25) is 0 Å². The Kier molecular flexibility index (Phi) is 4.31. The molecular weight excluding hydrogens is 248 g/mol. The molecule has 0 bridgehead atoms. The monoisotopic (exact) mass is 260 g/mol. The smallest absolute Gasteiger partial charge is 0.336 e. The van der Waals surface area contributed by atoms with Crippen LogP contribution in [0.4, 0.5) is 0 Å². The molecule has 0 heterocycles. The Bertz CT molecular complexity index is 387. The first-order chi connectivity index (χ1) is 8.00.